The zero-order valence-electron chi connectivity index (χ0n) is 14.5. The Labute approximate surface area is 152 Å². The van der Waals surface area contributed by atoms with E-state index in [4.69, 9.17) is 0 Å². The maximum Gasteiger partial charge on any atom is 0.433 e. The molecule has 1 amide bonds. The van der Waals surface area contributed by atoms with Gasteiger partial charge in [-0.1, -0.05) is 6.92 Å². The Balaban J connectivity index is 1.76. The molecule has 0 spiro atoms. The van der Waals surface area contributed by atoms with E-state index >= 15 is 0 Å². The van der Waals surface area contributed by atoms with E-state index in [2.05, 4.69) is 20.3 Å². The minimum absolute atomic E-state index is 0.137. The topological polar surface area (TPSA) is 79.2 Å². The monoisotopic (exact) mass is 378 g/mol. The summed E-state index contributed by atoms with van der Waals surface area (Å²) in [6.45, 7) is 2.26. The van der Waals surface area contributed by atoms with E-state index < -0.39 is 17.9 Å². The molecular formula is C17H17F3N6O. The quantitative estimate of drug-likeness (QED) is 0.760. The first-order valence-corrected chi connectivity index (χ1v) is 8.65. The molecule has 3 aromatic rings. The number of fused-ring (bicyclic) bond motifs is 1. The maximum absolute atomic E-state index is 13.4. The molecule has 1 aliphatic rings. The average Bonchev–Trinajstić information content (AvgIpc) is 3.38. The number of rotatable bonds is 3. The van der Waals surface area contributed by atoms with E-state index in [0.29, 0.717) is 36.5 Å². The smallest absolute Gasteiger partial charge is 0.329 e. The number of aromatic amines is 1. The van der Waals surface area contributed by atoms with Crippen molar-refractivity contribution < 1.29 is 18.0 Å². The van der Waals surface area contributed by atoms with Crippen LogP contribution in [0, 0.1) is 0 Å². The number of aromatic nitrogens is 5. The molecule has 4 heterocycles. The number of H-pyrrole nitrogens is 1. The molecule has 4 rings (SSSR count). The van der Waals surface area contributed by atoms with E-state index in [1.54, 1.807) is 17.9 Å². The Kier molecular flexibility index (Phi) is 4.12. The second-order valence-corrected chi connectivity index (χ2v) is 6.45. The van der Waals surface area contributed by atoms with Gasteiger partial charge in [-0.15, -0.1) is 0 Å². The van der Waals surface area contributed by atoms with Crippen LogP contribution in [-0.2, 0) is 12.6 Å². The molecule has 27 heavy (non-hydrogen) atoms. The van der Waals surface area contributed by atoms with Crippen molar-refractivity contribution in [2.45, 2.75) is 38.4 Å². The number of hydrogen-bond donors (Lipinski definition) is 1. The van der Waals surface area contributed by atoms with E-state index in [1.807, 2.05) is 0 Å². The van der Waals surface area contributed by atoms with Gasteiger partial charge in [0.25, 0.3) is 5.91 Å². The molecule has 1 atom stereocenters. The lowest BCUT2D eigenvalue weighted by molar-refractivity contribution is -0.142. The zero-order valence-corrected chi connectivity index (χ0v) is 14.5. The summed E-state index contributed by atoms with van der Waals surface area (Å²) in [5.74, 6) is -0.245. The molecule has 1 aliphatic heterocycles. The van der Waals surface area contributed by atoms with E-state index in [9.17, 15) is 18.0 Å². The highest BCUT2D eigenvalue weighted by atomic mass is 19.4. The number of nitrogens with zero attached hydrogens (tertiary/aromatic N) is 5. The standard InChI is InChI=1S/C17H17F3N6O/c1-2-10-8-14(17(18,19)20)26-15(22-10)9-12(24-26)13-4-3-7-25(13)16(27)11-5-6-21-23-11/h5-6,8-9,13H,2-4,7H2,1H3,(H,21,23)/t13-/m1/s1. The van der Waals surface area contributed by atoms with Crippen molar-refractivity contribution in [3.63, 3.8) is 0 Å². The molecule has 0 aliphatic carbocycles. The summed E-state index contributed by atoms with van der Waals surface area (Å²) in [5.41, 5.74) is 0.371. The van der Waals surface area contributed by atoms with Crippen LogP contribution in [0.3, 0.4) is 0 Å². The van der Waals surface area contributed by atoms with Gasteiger partial charge >= 0.3 is 6.18 Å². The van der Waals surface area contributed by atoms with Crippen LogP contribution in [0.2, 0.25) is 0 Å². The predicted molar refractivity (Wildman–Crippen MR) is 89.0 cm³/mol. The van der Waals surface area contributed by atoms with Crippen LogP contribution in [0.15, 0.2) is 24.4 Å². The predicted octanol–water partition coefficient (Wildman–Crippen LogP) is 3.01. The van der Waals surface area contributed by atoms with Gasteiger partial charge in [0.05, 0.1) is 11.7 Å². The van der Waals surface area contributed by atoms with Crippen LogP contribution in [-0.4, -0.2) is 42.1 Å². The summed E-state index contributed by atoms with van der Waals surface area (Å²) in [7, 11) is 0. The van der Waals surface area contributed by atoms with Crippen molar-refractivity contribution in [2.75, 3.05) is 6.54 Å². The highest BCUT2D eigenvalue weighted by Crippen LogP contribution is 2.35. The first-order valence-electron chi connectivity index (χ1n) is 8.65. The normalized spacial score (nSPS) is 17.8. The molecule has 3 aromatic heterocycles. The van der Waals surface area contributed by atoms with Crippen LogP contribution in [0.1, 0.15) is 53.4 Å². The van der Waals surface area contributed by atoms with Crippen molar-refractivity contribution in [1.29, 1.82) is 0 Å². The Morgan fingerprint density at radius 2 is 2.19 bits per heavy atom. The molecule has 0 saturated carbocycles. The fourth-order valence-corrected chi connectivity index (χ4v) is 3.44. The Hall–Kier alpha value is -2.91. The zero-order chi connectivity index (χ0) is 19.2. The molecule has 10 heteroatoms. The molecule has 0 aromatic carbocycles. The summed E-state index contributed by atoms with van der Waals surface area (Å²) in [4.78, 5) is 18.5. The van der Waals surface area contributed by atoms with Gasteiger partial charge in [0.1, 0.15) is 11.4 Å². The number of amides is 1. The van der Waals surface area contributed by atoms with E-state index in [1.165, 1.54) is 12.3 Å². The molecule has 7 nitrogen and oxygen atoms in total. The second kappa shape index (κ2) is 6.36. The highest BCUT2D eigenvalue weighted by molar-refractivity contribution is 5.92. The summed E-state index contributed by atoms with van der Waals surface area (Å²) >= 11 is 0. The lowest BCUT2D eigenvalue weighted by Crippen LogP contribution is -2.31. The Bertz CT molecular complexity index is 979. The van der Waals surface area contributed by atoms with Gasteiger partial charge in [0.2, 0.25) is 0 Å². The molecule has 142 valence electrons. The number of likely N-dealkylation sites (tertiary alicyclic amines) is 1. The van der Waals surface area contributed by atoms with Crippen molar-refractivity contribution >= 4 is 11.6 Å². The molecule has 1 saturated heterocycles. The van der Waals surface area contributed by atoms with Gasteiger partial charge < -0.3 is 4.90 Å². The van der Waals surface area contributed by atoms with Crippen LogP contribution < -0.4 is 0 Å². The first kappa shape index (κ1) is 17.5. The minimum Gasteiger partial charge on any atom is -0.329 e. The number of hydrogen-bond acceptors (Lipinski definition) is 4. The molecular weight excluding hydrogens is 361 g/mol. The van der Waals surface area contributed by atoms with Crippen LogP contribution in [0.5, 0.6) is 0 Å². The van der Waals surface area contributed by atoms with Crippen molar-refractivity contribution in [3.05, 3.63) is 47.2 Å². The summed E-state index contributed by atoms with van der Waals surface area (Å²) in [6, 6.07) is 3.73. The third-order valence-electron chi connectivity index (χ3n) is 4.74. The minimum atomic E-state index is -4.55. The van der Waals surface area contributed by atoms with Crippen molar-refractivity contribution in [1.82, 2.24) is 29.7 Å². The number of carbonyl (C=O) groups excluding carboxylic acids is 1. The molecule has 0 radical (unpaired) electrons. The first-order chi connectivity index (χ1) is 12.9. The molecule has 1 fully saturated rings. The average molecular weight is 378 g/mol. The lowest BCUT2D eigenvalue weighted by atomic mass is 10.1. The van der Waals surface area contributed by atoms with Gasteiger partial charge in [0, 0.05) is 24.5 Å². The summed E-state index contributed by atoms with van der Waals surface area (Å²) in [6.07, 6.45) is -1.30. The van der Waals surface area contributed by atoms with Crippen molar-refractivity contribution in [3.8, 4) is 0 Å². The molecule has 1 N–H and O–H groups in total. The Morgan fingerprint density at radius 3 is 2.85 bits per heavy atom. The number of aryl methyl sites for hydroxylation is 1. The molecule has 0 unspecified atom stereocenters. The van der Waals surface area contributed by atoms with Gasteiger partial charge in [-0.25, -0.2) is 9.50 Å². The van der Waals surface area contributed by atoms with Crippen molar-refractivity contribution in [2.24, 2.45) is 0 Å². The third kappa shape index (κ3) is 3.04. The third-order valence-corrected chi connectivity index (χ3v) is 4.74. The highest BCUT2D eigenvalue weighted by Gasteiger charge is 2.37. The number of nitrogens with one attached hydrogen (secondary N) is 1. The van der Waals surface area contributed by atoms with E-state index in [0.717, 1.165) is 17.0 Å². The van der Waals surface area contributed by atoms with Gasteiger partial charge in [-0.2, -0.15) is 23.4 Å². The van der Waals surface area contributed by atoms with E-state index in [-0.39, 0.29) is 11.6 Å². The Morgan fingerprint density at radius 1 is 1.37 bits per heavy atom. The number of carbonyl (C=O) groups is 1. The lowest BCUT2D eigenvalue weighted by Gasteiger charge is -2.22. The van der Waals surface area contributed by atoms with Crippen LogP contribution in [0.4, 0.5) is 13.2 Å². The second-order valence-electron chi connectivity index (χ2n) is 6.45. The van der Waals surface area contributed by atoms with Crippen LogP contribution >= 0.6 is 0 Å². The fraction of sp³-hybridized carbons (Fsp3) is 0.412. The van der Waals surface area contributed by atoms with Gasteiger partial charge in [0.15, 0.2) is 5.65 Å². The largest absolute Gasteiger partial charge is 0.433 e. The van der Waals surface area contributed by atoms with Gasteiger partial charge in [-0.3, -0.25) is 9.89 Å². The van der Waals surface area contributed by atoms with Crippen LogP contribution in [0.25, 0.3) is 5.65 Å². The molecule has 0 bridgehead atoms. The SMILES string of the molecule is CCc1cc(C(F)(F)F)n2nc([C@H]3CCCN3C(=O)c3ccn[nH]3)cc2n1. The summed E-state index contributed by atoms with van der Waals surface area (Å²) in [5, 5.41) is 10.6. The van der Waals surface area contributed by atoms with Gasteiger partial charge in [-0.05, 0) is 31.4 Å². The number of halogens is 3. The summed E-state index contributed by atoms with van der Waals surface area (Å²) < 4.78 is 41.2. The maximum atomic E-state index is 13.4. The fourth-order valence-electron chi connectivity index (χ4n) is 3.44. The number of alkyl halides is 3.